The first-order chi connectivity index (χ1) is 7.63. The molecule has 0 spiro atoms. The van der Waals surface area contributed by atoms with Gasteiger partial charge in [-0.15, -0.1) is 12.4 Å². The molecule has 0 unspecified atom stereocenters. The summed E-state index contributed by atoms with van der Waals surface area (Å²) in [5, 5.41) is 2.88. The fourth-order valence-electron chi connectivity index (χ4n) is 1.40. The minimum absolute atomic E-state index is 0. The van der Waals surface area contributed by atoms with Crippen molar-refractivity contribution in [2.24, 2.45) is 5.73 Å². The van der Waals surface area contributed by atoms with Gasteiger partial charge in [0.15, 0.2) is 0 Å². The topological polar surface area (TPSA) is 55.1 Å². The number of hydrogen-bond donors (Lipinski definition) is 2. The number of rotatable bonds is 5. The van der Waals surface area contributed by atoms with Gasteiger partial charge in [-0.2, -0.15) is 0 Å². The fourth-order valence-corrected chi connectivity index (χ4v) is 1.88. The van der Waals surface area contributed by atoms with E-state index in [0.717, 1.165) is 16.5 Å². The lowest BCUT2D eigenvalue weighted by atomic mass is 10.1. The number of halogens is 2. The third-order valence-corrected chi connectivity index (χ3v) is 2.88. The Kier molecular flexibility index (Phi) is 8.21. The summed E-state index contributed by atoms with van der Waals surface area (Å²) < 4.78 is 1.06. The van der Waals surface area contributed by atoms with Crippen LogP contribution in [0.2, 0.25) is 0 Å². The van der Waals surface area contributed by atoms with Crippen molar-refractivity contribution in [2.75, 3.05) is 6.54 Å². The van der Waals surface area contributed by atoms with Gasteiger partial charge in [0.1, 0.15) is 0 Å². The Bertz CT molecular complexity index is 372. The highest BCUT2D eigenvalue weighted by molar-refractivity contribution is 9.10. The van der Waals surface area contributed by atoms with Crippen LogP contribution in [0.5, 0.6) is 0 Å². The first-order valence-corrected chi connectivity index (χ1v) is 6.14. The van der Waals surface area contributed by atoms with Crippen molar-refractivity contribution in [1.82, 2.24) is 5.32 Å². The number of aryl methyl sites for hydroxylation is 1. The summed E-state index contributed by atoms with van der Waals surface area (Å²) in [5.41, 5.74) is 7.66. The summed E-state index contributed by atoms with van der Waals surface area (Å²) in [6.45, 7) is 3.18. The Hall–Kier alpha value is -0.580. The van der Waals surface area contributed by atoms with Crippen LogP contribution in [-0.2, 0) is 11.3 Å². The van der Waals surface area contributed by atoms with Gasteiger partial charge in [-0.25, -0.2) is 0 Å². The number of amides is 1. The number of carbonyl (C=O) groups is 1. The van der Waals surface area contributed by atoms with E-state index in [-0.39, 0.29) is 18.3 Å². The molecule has 3 N–H and O–H groups in total. The van der Waals surface area contributed by atoms with Crippen LogP contribution in [0.25, 0.3) is 0 Å². The van der Waals surface area contributed by atoms with Crippen molar-refractivity contribution in [2.45, 2.75) is 26.3 Å². The number of benzene rings is 1. The van der Waals surface area contributed by atoms with E-state index in [1.54, 1.807) is 0 Å². The van der Waals surface area contributed by atoms with Gasteiger partial charge in [0.2, 0.25) is 5.91 Å². The van der Waals surface area contributed by atoms with Crippen molar-refractivity contribution in [3.63, 3.8) is 0 Å². The Morgan fingerprint density at radius 2 is 2.18 bits per heavy atom. The molecule has 0 fully saturated rings. The predicted octanol–water partition coefficient (Wildman–Crippen LogP) is 2.53. The van der Waals surface area contributed by atoms with E-state index in [1.165, 1.54) is 5.56 Å². The Morgan fingerprint density at radius 3 is 2.76 bits per heavy atom. The van der Waals surface area contributed by atoms with Crippen LogP contribution in [0.15, 0.2) is 22.7 Å². The van der Waals surface area contributed by atoms with Gasteiger partial charge in [-0.1, -0.05) is 22.0 Å². The molecule has 0 atom stereocenters. The van der Waals surface area contributed by atoms with Gasteiger partial charge < -0.3 is 11.1 Å². The molecule has 0 heterocycles. The highest BCUT2D eigenvalue weighted by Crippen LogP contribution is 2.15. The average Bonchev–Trinajstić information content (AvgIpc) is 2.25. The molecule has 0 aliphatic carbocycles. The molecule has 1 rings (SSSR count). The summed E-state index contributed by atoms with van der Waals surface area (Å²) in [7, 11) is 0. The van der Waals surface area contributed by atoms with Gasteiger partial charge in [0, 0.05) is 17.4 Å². The second-order valence-corrected chi connectivity index (χ2v) is 4.66. The smallest absolute Gasteiger partial charge is 0.220 e. The van der Waals surface area contributed by atoms with E-state index >= 15 is 0 Å². The molecule has 96 valence electrons. The Labute approximate surface area is 117 Å². The first-order valence-electron chi connectivity index (χ1n) is 5.35. The molecule has 0 saturated heterocycles. The summed E-state index contributed by atoms with van der Waals surface area (Å²) in [6.07, 6.45) is 1.25. The standard InChI is InChI=1S/C12H17BrN2O.ClH/c1-9-7-11(13)5-4-10(9)8-15-12(16)3-2-6-14;/h4-5,7H,2-3,6,8,14H2,1H3,(H,15,16);1H. The molecular weight excluding hydrogens is 304 g/mol. The van der Waals surface area contributed by atoms with E-state index in [9.17, 15) is 4.79 Å². The van der Waals surface area contributed by atoms with Crippen LogP contribution >= 0.6 is 28.3 Å². The molecular formula is C12H18BrClN2O. The lowest BCUT2D eigenvalue weighted by Gasteiger charge is -2.08. The maximum absolute atomic E-state index is 11.4. The molecule has 0 aromatic heterocycles. The predicted molar refractivity (Wildman–Crippen MR) is 76.3 cm³/mol. The second-order valence-electron chi connectivity index (χ2n) is 3.74. The zero-order valence-corrected chi connectivity index (χ0v) is 12.2. The van der Waals surface area contributed by atoms with Gasteiger partial charge >= 0.3 is 0 Å². The molecule has 0 aliphatic rings. The van der Waals surface area contributed by atoms with Crippen molar-refractivity contribution in [3.8, 4) is 0 Å². The molecule has 3 nitrogen and oxygen atoms in total. The van der Waals surface area contributed by atoms with Gasteiger partial charge in [0.25, 0.3) is 0 Å². The normalized spacial score (nSPS) is 9.59. The molecule has 0 saturated carbocycles. The fraction of sp³-hybridized carbons (Fsp3) is 0.417. The van der Waals surface area contributed by atoms with Crippen LogP contribution in [0, 0.1) is 6.92 Å². The number of nitrogens with two attached hydrogens (primary N) is 1. The third-order valence-electron chi connectivity index (χ3n) is 2.39. The van der Waals surface area contributed by atoms with Gasteiger partial charge in [0.05, 0.1) is 0 Å². The van der Waals surface area contributed by atoms with Crippen LogP contribution in [0.1, 0.15) is 24.0 Å². The zero-order valence-electron chi connectivity index (χ0n) is 9.83. The summed E-state index contributed by atoms with van der Waals surface area (Å²) in [6, 6.07) is 6.04. The monoisotopic (exact) mass is 320 g/mol. The highest BCUT2D eigenvalue weighted by Gasteiger charge is 2.02. The maximum Gasteiger partial charge on any atom is 0.220 e. The number of nitrogens with one attached hydrogen (secondary N) is 1. The lowest BCUT2D eigenvalue weighted by Crippen LogP contribution is -2.23. The van der Waals surface area contributed by atoms with E-state index in [1.807, 2.05) is 25.1 Å². The molecule has 1 aromatic carbocycles. The molecule has 0 radical (unpaired) electrons. The molecule has 0 bridgehead atoms. The number of carbonyl (C=O) groups excluding carboxylic acids is 1. The van der Waals surface area contributed by atoms with Crippen LogP contribution in [-0.4, -0.2) is 12.5 Å². The van der Waals surface area contributed by atoms with Crippen molar-refractivity contribution in [1.29, 1.82) is 0 Å². The van der Waals surface area contributed by atoms with E-state index in [0.29, 0.717) is 19.5 Å². The molecule has 17 heavy (non-hydrogen) atoms. The van der Waals surface area contributed by atoms with Crippen LogP contribution < -0.4 is 11.1 Å². The SMILES string of the molecule is Cc1cc(Br)ccc1CNC(=O)CCCN.Cl. The van der Waals surface area contributed by atoms with Crippen molar-refractivity contribution in [3.05, 3.63) is 33.8 Å². The second kappa shape index (κ2) is 8.50. The molecule has 1 amide bonds. The summed E-state index contributed by atoms with van der Waals surface area (Å²) >= 11 is 3.41. The zero-order chi connectivity index (χ0) is 12.0. The van der Waals surface area contributed by atoms with Gasteiger partial charge in [-0.05, 0) is 43.1 Å². The molecule has 5 heteroatoms. The Balaban J connectivity index is 0.00000256. The maximum atomic E-state index is 11.4. The Morgan fingerprint density at radius 1 is 1.47 bits per heavy atom. The molecule has 0 aliphatic heterocycles. The van der Waals surface area contributed by atoms with Crippen molar-refractivity contribution >= 4 is 34.2 Å². The van der Waals surface area contributed by atoms with Crippen LogP contribution in [0.4, 0.5) is 0 Å². The summed E-state index contributed by atoms with van der Waals surface area (Å²) in [5.74, 6) is 0.0627. The minimum Gasteiger partial charge on any atom is -0.352 e. The molecule has 1 aromatic rings. The van der Waals surface area contributed by atoms with E-state index in [2.05, 4.69) is 21.2 Å². The van der Waals surface area contributed by atoms with Crippen molar-refractivity contribution < 1.29 is 4.79 Å². The quantitative estimate of drug-likeness (QED) is 0.875. The largest absolute Gasteiger partial charge is 0.352 e. The summed E-state index contributed by atoms with van der Waals surface area (Å²) in [4.78, 5) is 11.4. The third kappa shape index (κ3) is 6.05. The highest BCUT2D eigenvalue weighted by atomic mass is 79.9. The van der Waals surface area contributed by atoms with Gasteiger partial charge in [-0.3, -0.25) is 4.79 Å². The lowest BCUT2D eigenvalue weighted by molar-refractivity contribution is -0.121. The number of hydrogen-bond acceptors (Lipinski definition) is 2. The van der Waals surface area contributed by atoms with E-state index in [4.69, 9.17) is 5.73 Å². The minimum atomic E-state index is 0. The first kappa shape index (κ1) is 16.4. The van der Waals surface area contributed by atoms with Crippen LogP contribution in [0.3, 0.4) is 0 Å². The average molecular weight is 322 g/mol. The van der Waals surface area contributed by atoms with E-state index < -0.39 is 0 Å².